The van der Waals surface area contributed by atoms with Gasteiger partial charge in [-0.3, -0.25) is 9.89 Å². The molecule has 1 saturated heterocycles. The molecule has 1 atom stereocenters. The number of hydrogen-bond acceptors (Lipinski definition) is 3. The highest BCUT2D eigenvalue weighted by Crippen LogP contribution is 2.25. The second kappa shape index (κ2) is 5.72. The molecule has 0 aromatic carbocycles. The minimum atomic E-state index is 0.138. The van der Waals surface area contributed by atoms with Crippen molar-refractivity contribution in [3.8, 4) is 0 Å². The average molecular weight is 236 g/mol. The van der Waals surface area contributed by atoms with Crippen molar-refractivity contribution in [3.05, 3.63) is 24.2 Å². The van der Waals surface area contributed by atoms with Gasteiger partial charge in [-0.15, -0.1) is 0 Å². The molecule has 2 rings (SSSR count). The van der Waals surface area contributed by atoms with E-state index in [-0.39, 0.29) is 12.0 Å². The maximum atomic E-state index is 5.49. The van der Waals surface area contributed by atoms with Crippen LogP contribution in [0, 0.1) is 0 Å². The first-order chi connectivity index (χ1) is 8.27. The van der Waals surface area contributed by atoms with Crippen LogP contribution in [0.4, 0.5) is 0 Å². The predicted molar refractivity (Wildman–Crippen MR) is 67.5 cm³/mol. The molecule has 1 fully saturated rings. The van der Waals surface area contributed by atoms with E-state index < -0.39 is 0 Å². The molecule has 0 aliphatic carbocycles. The minimum Gasteiger partial charge on any atom is -0.468 e. The zero-order valence-corrected chi connectivity index (χ0v) is 10.0. The Morgan fingerprint density at radius 2 is 2.12 bits per heavy atom. The van der Waals surface area contributed by atoms with E-state index in [1.807, 2.05) is 12.1 Å². The van der Waals surface area contributed by atoms with Gasteiger partial charge in [-0.25, -0.2) is 0 Å². The fraction of sp³-hybridized carbons (Fsp3) is 0.583. The topological polar surface area (TPSA) is 80.8 Å². The summed E-state index contributed by atoms with van der Waals surface area (Å²) < 4.78 is 5.49. The second-order valence-corrected chi connectivity index (χ2v) is 4.39. The Labute approximate surface area is 101 Å². The van der Waals surface area contributed by atoms with Gasteiger partial charge in [-0.1, -0.05) is 6.42 Å². The van der Waals surface area contributed by atoms with Crippen LogP contribution in [0.3, 0.4) is 0 Å². The molecular weight excluding hydrogens is 216 g/mol. The molecule has 94 valence electrons. The number of nitrogens with zero attached hydrogens (tertiary/aromatic N) is 2. The fourth-order valence-corrected chi connectivity index (χ4v) is 2.29. The molecule has 1 aromatic rings. The molecule has 0 amide bonds. The van der Waals surface area contributed by atoms with Gasteiger partial charge in [0.05, 0.1) is 18.8 Å². The quantitative estimate of drug-likeness (QED) is 0.605. The summed E-state index contributed by atoms with van der Waals surface area (Å²) in [6.45, 7) is 2.74. The van der Waals surface area contributed by atoms with Gasteiger partial charge in [0.2, 0.25) is 0 Å². The van der Waals surface area contributed by atoms with Crippen molar-refractivity contribution in [1.29, 1.82) is 0 Å². The Morgan fingerprint density at radius 1 is 1.35 bits per heavy atom. The summed E-state index contributed by atoms with van der Waals surface area (Å²) in [5, 5.41) is 0. The highest BCUT2D eigenvalue weighted by Gasteiger charge is 2.23. The molecule has 5 heteroatoms. The van der Waals surface area contributed by atoms with Crippen LogP contribution in [0.5, 0.6) is 0 Å². The third-order valence-corrected chi connectivity index (χ3v) is 3.15. The third-order valence-electron chi connectivity index (χ3n) is 3.15. The molecule has 0 radical (unpaired) electrons. The monoisotopic (exact) mass is 236 g/mol. The average Bonchev–Trinajstić information content (AvgIpc) is 2.84. The van der Waals surface area contributed by atoms with Crippen molar-refractivity contribution in [2.24, 2.45) is 16.5 Å². The number of guanidine groups is 1. The Balaban J connectivity index is 2.08. The number of likely N-dealkylation sites (tertiary alicyclic amines) is 1. The van der Waals surface area contributed by atoms with Gasteiger partial charge in [0.1, 0.15) is 5.76 Å². The maximum absolute atomic E-state index is 5.49. The van der Waals surface area contributed by atoms with Crippen molar-refractivity contribution in [3.63, 3.8) is 0 Å². The first-order valence-electron chi connectivity index (χ1n) is 6.10. The van der Waals surface area contributed by atoms with Crippen molar-refractivity contribution >= 4 is 5.96 Å². The van der Waals surface area contributed by atoms with Crippen LogP contribution in [0.1, 0.15) is 31.1 Å². The normalized spacial score (nSPS) is 18.8. The lowest BCUT2D eigenvalue weighted by atomic mass is 10.1. The number of hydrogen-bond donors (Lipinski definition) is 2. The van der Waals surface area contributed by atoms with E-state index in [0.717, 1.165) is 18.8 Å². The van der Waals surface area contributed by atoms with E-state index in [1.54, 1.807) is 6.26 Å². The number of nitrogens with two attached hydrogens (primary N) is 2. The van der Waals surface area contributed by atoms with E-state index in [2.05, 4.69) is 9.89 Å². The molecule has 1 aliphatic rings. The van der Waals surface area contributed by atoms with Gasteiger partial charge in [-0.05, 0) is 38.1 Å². The van der Waals surface area contributed by atoms with Crippen molar-refractivity contribution in [1.82, 2.24) is 4.90 Å². The smallest absolute Gasteiger partial charge is 0.185 e. The molecule has 17 heavy (non-hydrogen) atoms. The van der Waals surface area contributed by atoms with E-state index in [9.17, 15) is 0 Å². The highest BCUT2D eigenvalue weighted by molar-refractivity contribution is 5.75. The van der Waals surface area contributed by atoms with Crippen LogP contribution in [0.15, 0.2) is 27.8 Å². The summed E-state index contributed by atoms with van der Waals surface area (Å²) in [7, 11) is 0. The van der Waals surface area contributed by atoms with E-state index in [1.165, 1.54) is 19.3 Å². The van der Waals surface area contributed by atoms with Crippen LogP contribution in [-0.2, 0) is 0 Å². The van der Waals surface area contributed by atoms with E-state index in [4.69, 9.17) is 15.9 Å². The first kappa shape index (κ1) is 12.0. The van der Waals surface area contributed by atoms with Gasteiger partial charge in [0.25, 0.3) is 0 Å². The number of aliphatic imine (C=N–C) groups is 1. The molecule has 2 heterocycles. The van der Waals surface area contributed by atoms with Crippen molar-refractivity contribution < 1.29 is 4.42 Å². The van der Waals surface area contributed by atoms with Crippen molar-refractivity contribution in [2.45, 2.75) is 25.3 Å². The fourth-order valence-electron chi connectivity index (χ4n) is 2.29. The molecule has 0 saturated carbocycles. The third kappa shape index (κ3) is 3.23. The molecule has 1 aromatic heterocycles. The highest BCUT2D eigenvalue weighted by atomic mass is 16.3. The van der Waals surface area contributed by atoms with Gasteiger partial charge >= 0.3 is 0 Å². The Kier molecular flexibility index (Phi) is 4.03. The Morgan fingerprint density at radius 3 is 2.71 bits per heavy atom. The summed E-state index contributed by atoms with van der Waals surface area (Å²) in [5.41, 5.74) is 10.8. The summed E-state index contributed by atoms with van der Waals surface area (Å²) in [6, 6.07) is 4.05. The first-order valence-corrected chi connectivity index (χ1v) is 6.10. The number of furan rings is 1. The SMILES string of the molecule is NC(N)=NCC(c1ccco1)N1CCCCC1. The second-order valence-electron chi connectivity index (χ2n) is 4.39. The van der Waals surface area contributed by atoms with Crippen LogP contribution in [-0.4, -0.2) is 30.5 Å². The van der Waals surface area contributed by atoms with Crippen LogP contribution < -0.4 is 11.5 Å². The molecule has 0 bridgehead atoms. The van der Waals surface area contributed by atoms with Crippen LogP contribution >= 0.6 is 0 Å². The molecule has 1 unspecified atom stereocenters. The molecular formula is C12H20N4O. The van der Waals surface area contributed by atoms with Crippen LogP contribution in [0.25, 0.3) is 0 Å². The lowest BCUT2D eigenvalue weighted by Gasteiger charge is -2.32. The summed E-state index contributed by atoms with van der Waals surface area (Å²) in [6.07, 6.45) is 5.48. The van der Waals surface area contributed by atoms with Gasteiger partial charge in [0.15, 0.2) is 5.96 Å². The molecule has 1 aliphatic heterocycles. The predicted octanol–water partition coefficient (Wildman–Crippen LogP) is 1.08. The molecule has 5 nitrogen and oxygen atoms in total. The zero-order valence-electron chi connectivity index (χ0n) is 10.0. The Bertz CT molecular complexity index is 351. The Hall–Kier alpha value is -1.49. The largest absolute Gasteiger partial charge is 0.468 e. The lowest BCUT2D eigenvalue weighted by Crippen LogP contribution is -2.36. The standard InChI is InChI=1S/C12H20N4O/c13-12(14)15-9-10(11-5-4-8-17-11)16-6-2-1-3-7-16/h4-5,8,10H,1-3,6-7,9H2,(H4,13,14,15). The summed E-state index contributed by atoms with van der Waals surface area (Å²) in [5.74, 6) is 1.08. The van der Waals surface area contributed by atoms with Gasteiger partial charge < -0.3 is 15.9 Å². The van der Waals surface area contributed by atoms with E-state index >= 15 is 0 Å². The maximum Gasteiger partial charge on any atom is 0.185 e. The molecule has 0 spiro atoms. The summed E-state index contributed by atoms with van der Waals surface area (Å²) in [4.78, 5) is 6.52. The molecule has 4 N–H and O–H groups in total. The van der Waals surface area contributed by atoms with Crippen molar-refractivity contribution in [2.75, 3.05) is 19.6 Å². The summed E-state index contributed by atoms with van der Waals surface area (Å²) >= 11 is 0. The minimum absolute atomic E-state index is 0.138. The number of rotatable bonds is 4. The van der Waals surface area contributed by atoms with Gasteiger partial charge in [-0.2, -0.15) is 0 Å². The van der Waals surface area contributed by atoms with Gasteiger partial charge in [0, 0.05) is 0 Å². The van der Waals surface area contributed by atoms with E-state index in [0.29, 0.717) is 6.54 Å². The number of piperidine rings is 1. The zero-order chi connectivity index (χ0) is 12.1. The lowest BCUT2D eigenvalue weighted by molar-refractivity contribution is 0.150. The van der Waals surface area contributed by atoms with Crippen LogP contribution in [0.2, 0.25) is 0 Å².